The standard InChI is InChI=1S/C10H9Cl3/c11-4-2-1-3-8-5-9(12)7-10(13)6-8/h1,3,5-7H,2,4H2. The summed E-state index contributed by atoms with van der Waals surface area (Å²) in [4.78, 5) is 0. The van der Waals surface area contributed by atoms with Crippen molar-refractivity contribution in [3.63, 3.8) is 0 Å². The molecule has 0 aromatic heterocycles. The second-order valence-corrected chi connectivity index (χ2v) is 3.83. The van der Waals surface area contributed by atoms with E-state index in [9.17, 15) is 0 Å². The van der Waals surface area contributed by atoms with E-state index in [1.807, 2.05) is 24.3 Å². The zero-order valence-corrected chi connectivity index (χ0v) is 9.20. The van der Waals surface area contributed by atoms with E-state index in [-0.39, 0.29) is 0 Å². The minimum absolute atomic E-state index is 0.630. The molecule has 13 heavy (non-hydrogen) atoms. The Kier molecular flexibility index (Phi) is 4.65. The summed E-state index contributed by atoms with van der Waals surface area (Å²) in [6.07, 6.45) is 4.81. The lowest BCUT2D eigenvalue weighted by Crippen LogP contribution is -1.74. The second-order valence-electron chi connectivity index (χ2n) is 2.58. The van der Waals surface area contributed by atoms with Crippen molar-refractivity contribution in [2.75, 3.05) is 5.88 Å². The van der Waals surface area contributed by atoms with Crippen LogP contribution in [-0.2, 0) is 0 Å². The number of hydrogen-bond donors (Lipinski definition) is 0. The Morgan fingerprint density at radius 1 is 1.08 bits per heavy atom. The highest BCUT2D eigenvalue weighted by molar-refractivity contribution is 6.34. The number of rotatable bonds is 3. The molecule has 1 rings (SSSR count). The second kappa shape index (κ2) is 5.54. The summed E-state index contributed by atoms with van der Waals surface area (Å²) in [7, 11) is 0. The zero-order valence-electron chi connectivity index (χ0n) is 6.93. The van der Waals surface area contributed by atoms with Gasteiger partial charge in [0, 0.05) is 15.9 Å². The Bertz CT molecular complexity index is 285. The van der Waals surface area contributed by atoms with Crippen molar-refractivity contribution in [1.82, 2.24) is 0 Å². The fraction of sp³-hybridized carbons (Fsp3) is 0.200. The molecule has 0 spiro atoms. The molecule has 0 fully saturated rings. The van der Waals surface area contributed by atoms with E-state index >= 15 is 0 Å². The quantitative estimate of drug-likeness (QED) is 0.670. The van der Waals surface area contributed by atoms with Gasteiger partial charge in [-0.2, -0.15) is 0 Å². The molecule has 0 atom stereocenters. The van der Waals surface area contributed by atoms with Crippen molar-refractivity contribution in [3.8, 4) is 0 Å². The van der Waals surface area contributed by atoms with Crippen molar-refractivity contribution in [2.24, 2.45) is 0 Å². The summed E-state index contributed by atoms with van der Waals surface area (Å²) < 4.78 is 0. The van der Waals surface area contributed by atoms with Crippen LogP contribution in [0.2, 0.25) is 10.0 Å². The highest BCUT2D eigenvalue weighted by Gasteiger charge is 1.93. The van der Waals surface area contributed by atoms with Crippen LogP contribution in [0.5, 0.6) is 0 Å². The lowest BCUT2D eigenvalue weighted by molar-refractivity contribution is 1.24. The molecule has 0 bridgehead atoms. The van der Waals surface area contributed by atoms with Gasteiger partial charge in [0.2, 0.25) is 0 Å². The predicted octanol–water partition coefficient (Wildman–Crippen LogP) is 4.64. The monoisotopic (exact) mass is 234 g/mol. The molecule has 3 heteroatoms. The third-order valence-electron chi connectivity index (χ3n) is 1.47. The van der Waals surface area contributed by atoms with Crippen LogP contribution < -0.4 is 0 Å². The van der Waals surface area contributed by atoms with Crippen LogP contribution in [0.1, 0.15) is 12.0 Å². The van der Waals surface area contributed by atoms with Gasteiger partial charge in [0.05, 0.1) is 0 Å². The molecule has 0 heterocycles. The molecule has 1 aromatic carbocycles. The van der Waals surface area contributed by atoms with E-state index in [4.69, 9.17) is 34.8 Å². The van der Waals surface area contributed by atoms with Crippen molar-refractivity contribution >= 4 is 40.9 Å². The number of allylic oxidation sites excluding steroid dienone is 1. The lowest BCUT2D eigenvalue weighted by atomic mass is 10.2. The van der Waals surface area contributed by atoms with Crippen LogP contribution in [-0.4, -0.2) is 5.88 Å². The molecule has 0 nitrogen and oxygen atoms in total. The van der Waals surface area contributed by atoms with E-state index in [2.05, 4.69) is 0 Å². The van der Waals surface area contributed by atoms with Gasteiger partial charge in [-0.05, 0) is 30.2 Å². The Labute approximate surface area is 93.1 Å². The van der Waals surface area contributed by atoms with E-state index in [1.165, 1.54) is 0 Å². The maximum Gasteiger partial charge on any atom is 0.0426 e. The first kappa shape index (κ1) is 10.9. The largest absolute Gasteiger partial charge is 0.126 e. The first-order chi connectivity index (χ1) is 6.22. The maximum absolute atomic E-state index is 5.82. The molecule has 0 aliphatic rings. The number of alkyl halides is 1. The molecule has 0 aliphatic carbocycles. The molecule has 0 saturated carbocycles. The first-order valence-electron chi connectivity index (χ1n) is 3.91. The van der Waals surface area contributed by atoms with Crippen LogP contribution >= 0.6 is 34.8 Å². The van der Waals surface area contributed by atoms with Crippen LogP contribution in [0.15, 0.2) is 24.3 Å². The SMILES string of the molecule is ClCCC=Cc1cc(Cl)cc(Cl)c1. The zero-order chi connectivity index (χ0) is 9.68. The van der Waals surface area contributed by atoms with Crippen LogP contribution in [0.4, 0.5) is 0 Å². The molecular weight excluding hydrogens is 226 g/mol. The van der Waals surface area contributed by atoms with Gasteiger partial charge in [-0.25, -0.2) is 0 Å². The Balaban J connectivity index is 2.77. The van der Waals surface area contributed by atoms with Gasteiger partial charge in [-0.3, -0.25) is 0 Å². The topological polar surface area (TPSA) is 0 Å². The fourth-order valence-electron chi connectivity index (χ4n) is 0.954. The molecular formula is C10H9Cl3. The van der Waals surface area contributed by atoms with Crippen LogP contribution in [0.3, 0.4) is 0 Å². The van der Waals surface area contributed by atoms with Gasteiger partial charge >= 0.3 is 0 Å². The third-order valence-corrected chi connectivity index (χ3v) is 2.13. The van der Waals surface area contributed by atoms with Gasteiger partial charge in [-0.1, -0.05) is 35.4 Å². The highest BCUT2D eigenvalue weighted by Crippen LogP contribution is 2.19. The maximum atomic E-state index is 5.82. The van der Waals surface area contributed by atoms with E-state index < -0.39 is 0 Å². The fourth-order valence-corrected chi connectivity index (χ4v) is 1.62. The van der Waals surface area contributed by atoms with Gasteiger partial charge in [0.15, 0.2) is 0 Å². The Hall–Kier alpha value is -0.170. The van der Waals surface area contributed by atoms with E-state index in [1.54, 1.807) is 6.07 Å². The molecule has 0 aliphatic heterocycles. The number of halogens is 3. The first-order valence-corrected chi connectivity index (χ1v) is 5.20. The number of benzene rings is 1. The highest BCUT2D eigenvalue weighted by atomic mass is 35.5. The average Bonchev–Trinajstić information content (AvgIpc) is 2.03. The van der Waals surface area contributed by atoms with Crippen molar-refractivity contribution in [1.29, 1.82) is 0 Å². The Morgan fingerprint density at radius 2 is 1.69 bits per heavy atom. The van der Waals surface area contributed by atoms with Crippen molar-refractivity contribution < 1.29 is 0 Å². The number of hydrogen-bond acceptors (Lipinski definition) is 0. The summed E-state index contributed by atoms with van der Waals surface area (Å²) >= 11 is 17.2. The summed E-state index contributed by atoms with van der Waals surface area (Å²) in [5, 5.41) is 1.30. The van der Waals surface area contributed by atoms with E-state index in [0.717, 1.165) is 12.0 Å². The van der Waals surface area contributed by atoms with Gasteiger partial charge in [0.25, 0.3) is 0 Å². The van der Waals surface area contributed by atoms with Gasteiger partial charge in [0.1, 0.15) is 0 Å². The van der Waals surface area contributed by atoms with Crippen molar-refractivity contribution in [3.05, 3.63) is 39.9 Å². The predicted molar refractivity (Wildman–Crippen MR) is 60.8 cm³/mol. The molecule has 1 aromatic rings. The lowest BCUT2D eigenvalue weighted by Gasteiger charge is -1.96. The summed E-state index contributed by atoms with van der Waals surface area (Å²) in [5.74, 6) is 0.630. The van der Waals surface area contributed by atoms with E-state index in [0.29, 0.717) is 15.9 Å². The van der Waals surface area contributed by atoms with Gasteiger partial charge < -0.3 is 0 Å². The average molecular weight is 236 g/mol. The third kappa shape index (κ3) is 4.04. The molecule has 0 unspecified atom stereocenters. The molecule has 70 valence electrons. The van der Waals surface area contributed by atoms with Crippen molar-refractivity contribution in [2.45, 2.75) is 6.42 Å². The normalized spacial score (nSPS) is 11.0. The molecule has 0 N–H and O–H groups in total. The van der Waals surface area contributed by atoms with Gasteiger partial charge in [-0.15, -0.1) is 11.6 Å². The Morgan fingerprint density at radius 3 is 2.23 bits per heavy atom. The molecule has 0 amide bonds. The minimum Gasteiger partial charge on any atom is -0.126 e. The van der Waals surface area contributed by atoms with Crippen LogP contribution in [0, 0.1) is 0 Å². The summed E-state index contributed by atoms with van der Waals surface area (Å²) in [6, 6.07) is 5.43. The smallest absolute Gasteiger partial charge is 0.0426 e. The summed E-state index contributed by atoms with van der Waals surface area (Å²) in [5.41, 5.74) is 1.00. The summed E-state index contributed by atoms with van der Waals surface area (Å²) in [6.45, 7) is 0. The molecule has 0 saturated heterocycles. The molecule has 0 radical (unpaired) electrons. The minimum atomic E-state index is 0.630. The van der Waals surface area contributed by atoms with Crippen LogP contribution in [0.25, 0.3) is 6.08 Å².